The van der Waals surface area contributed by atoms with Crippen LogP contribution < -0.4 is 0 Å². The van der Waals surface area contributed by atoms with Gasteiger partial charge in [-0.25, -0.2) is 0 Å². The van der Waals surface area contributed by atoms with Gasteiger partial charge in [0, 0.05) is 5.56 Å². The highest BCUT2D eigenvalue weighted by Gasteiger charge is 2.52. The molecule has 0 radical (unpaired) electrons. The molecule has 4 rings (SSSR count). The van der Waals surface area contributed by atoms with Crippen LogP contribution in [0.4, 0.5) is 0 Å². The number of hydrogen-bond donors (Lipinski definition) is 5. The van der Waals surface area contributed by atoms with E-state index in [9.17, 15) is 25.5 Å². The lowest BCUT2D eigenvalue weighted by Gasteiger charge is -2.48. The molecule has 3 aliphatic rings. The first-order valence-corrected chi connectivity index (χ1v) is 10.8. The Kier molecular flexibility index (Phi) is 8.10. The van der Waals surface area contributed by atoms with Crippen LogP contribution in [0, 0.1) is 0 Å². The minimum atomic E-state index is -1.54. The Balaban J connectivity index is 1.42. The van der Waals surface area contributed by atoms with Gasteiger partial charge in [-0.1, -0.05) is 36.4 Å². The normalized spacial score (nSPS) is 43.6. The number of aliphatic hydroxyl groups is 5. The molecular formula is C22H30O11. The average Bonchev–Trinajstić information content (AvgIpc) is 2.85. The van der Waals surface area contributed by atoms with Crippen LogP contribution in [0.3, 0.4) is 0 Å². The van der Waals surface area contributed by atoms with Crippen molar-refractivity contribution in [2.75, 3.05) is 19.8 Å². The van der Waals surface area contributed by atoms with E-state index in [-0.39, 0.29) is 13.2 Å². The SMILES string of the molecule is C=CCO[C@@H]1O[C@H](CO)[C@@H](O[C@H]2O[C@@H]3CO[C@@H](c4ccccc4)O[C@H]3[C@H](O)[C@H]2O)[C@H](O)[C@H]1O. The van der Waals surface area contributed by atoms with Crippen molar-refractivity contribution in [3.8, 4) is 0 Å². The van der Waals surface area contributed by atoms with E-state index >= 15 is 0 Å². The molecule has 0 saturated carbocycles. The first-order valence-electron chi connectivity index (χ1n) is 10.8. The second kappa shape index (κ2) is 10.8. The van der Waals surface area contributed by atoms with Crippen molar-refractivity contribution in [2.45, 2.75) is 67.7 Å². The Labute approximate surface area is 190 Å². The fourth-order valence-corrected chi connectivity index (χ4v) is 4.15. The maximum Gasteiger partial charge on any atom is 0.187 e. The zero-order chi connectivity index (χ0) is 23.5. The topological polar surface area (TPSA) is 157 Å². The monoisotopic (exact) mass is 470 g/mol. The van der Waals surface area contributed by atoms with Crippen molar-refractivity contribution in [1.29, 1.82) is 0 Å². The molecule has 33 heavy (non-hydrogen) atoms. The standard InChI is InChI=1S/C22H30O11/c1-2-8-28-21-16(26)14(24)18(12(9-23)30-21)33-22-17(27)15(25)19-13(31-22)10-29-20(32-19)11-6-4-3-5-7-11/h2-7,12-27H,1,8-10H2/t12-,13-,14-,15-,16-,17-,18-,19-,20-,21-,22-/m1/s1. The molecule has 3 fully saturated rings. The third kappa shape index (κ3) is 5.14. The molecule has 0 amide bonds. The minimum Gasteiger partial charge on any atom is -0.394 e. The Morgan fingerprint density at radius 2 is 1.67 bits per heavy atom. The van der Waals surface area contributed by atoms with E-state index in [0.717, 1.165) is 5.56 Å². The Morgan fingerprint density at radius 3 is 2.36 bits per heavy atom. The summed E-state index contributed by atoms with van der Waals surface area (Å²) in [4.78, 5) is 0. The summed E-state index contributed by atoms with van der Waals surface area (Å²) >= 11 is 0. The van der Waals surface area contributed by atoms with Crippen LogP contribution in [0.25, 0.3) is 0 Å². The van der Waals surface area contributed by atoms with Crippen molar-refractivity contribution in [3.05, 3.63) is 48.6 Å². The van der Waals surface area contributed by atoms with E-state index in [0.29, 0.717) is 0 Å². The minimum absolute atomic E-state index is 0.0567. The molecule has 3 aliphatic heterocycles. The quantitative estimate of drug-likeness (QED) is 0.298. The molecule has 11 heteroatoms. The van der Waals surface area contributed by atoms with Gasteiger partial charge >= 0.3 is 0 Å². The molecule has 0 spiro atoms. The number of fused-ring (bicyclic) bond motifs is 1. The second-order valence-corrected chi connectivity index (χ2v) is 8.13. The maximum atomic E-state index is 10.7. The molecule has 11 atom stereocenters. The van der Waals surface area contributed by atoms with E-state index in [1.54, 1.807) is 0 Å². The number of hydrogen-bond acceptors (Lipinski definition) is 11. The molecular weight excluding hydrogens is 440 g/mol. The van der Waals surface area contributed by atoms with Gasteiger partial charge in [0.1, 0.15) is 48.8 Å². The zero-order valence-electron chi connectivity index (χ0n) is 17.8. The van der Waals surface area contributed by atoms with E-state index in [1.165, 1.54) is 6.08 Å². The zero-order valence-corrected chi connectivity index (χ0v) is 17.8. The van der Waals surface area contributed by atoms with Gasteiger partial charge in [0.15, 0.2) is 18.9 Å². The molecule has 184 valence electrons. The number of rotatable bonds is 7. The molecule has 3 saturated heterocycles. The van der Waals surface area contributed by atoms with Crippen LogP contribution in [-0.4, -0.2) is 107 Å². The van der Waals surface area contributed by atoms with Crippen LogP contribution in [-0.2, 0) is 28.4 Å². The number of aliphatic hydroxyl groups excluding tert-OH is 5. The Bertz CT molecular complexity index is 760. The molecule has 0 aromatic heterocycles. The van der Waals surface area contributed by atoms with E-state index in [4.69, 9.17) is 28.4 Å². The van der Waals surface area contributed by atoms with Crippen molar-refractivity contribution >= 4 is 0 Å². The summed E-state index contributed by atoms with van der Waals surface area (Å²) < 4.78 is 33.8. The maximum absolute atomic E-state index is 10.7. The fourth-order valence-electron chi connectivity index (χ4n) is 4.15. The van der Waals surface area contributed by atoms with Crippen LogP contribution in [0.5, 0.6) is 0 Å². The molecule has 0 unspecified atom stereocenters. The van der Waals surface area contributed by atoms with Gasteiger partial charge in [-0.2, -0.15) is 0 Å². The summed E-state index contributed by atoms with van der Waals surface area (Å²) in [6.07, 6.45) is -11.9. The van der Waals surface area contributed by atoms with Gasteiger partial charge in [0.05, 0.1) is 19.8 Å². The van der Waals surface area contributed by atoms with Crippen molar-refractivity contribution in [1.82, 2.24) is 0 Å². The third-order valence-electron chi connectivity index (χ3n) is 5.90. The Morgan fingerprint density at radius 1 is 0.939 bits per heavy atom. The summed E-state index contributed by atoms with van der Waals surface area (Å²) in [5, 5.41) is 52.0. The summed E-state index contributed by atoms with van der Waals surface area (Å²) in [7, 11) is 0. The number of benzene rings is 1. The average molecular weight is 470 g/mol. The highest BCUT2D eigenvalue weighted by molar-refractivity contribution is 5.16. The largest absolute Gasteiger partial charge is 0.394 e. The molecule has 3 heterocycles. The van der Waals surface area contributed by atoms with Crippen LogP contribution in [0.1, 0.15) is 11.9 Å². The fraction of sp³-hybridized carbons (Fsp3) is 0.636. The number of ether oxygens (including phenoxy) is 6. The lowest BCUT2D eigenvalue weighted by atomic mass is 9.96. The smallest absolute Gasteiger partial charge is 0.187 e. The Hall–Kier alpha value is -1.48. The van der Waals surface area contributed by atoms with Gasteiger partial charge in [0.2, 0.25) is 0 Å². The lowest BCUT2D eigenvalue weighted by molar-refractivity contribution is -0.385. The molecule has 0 bridgehead atoms. The van der Waals surface area contributed by atoms with E-state index < -0.39 is 74.3 Å². The highest BCUT2D eigenvalue weighted by atomic mass is 16.8. The third-order valence-corrected chi connectivity index (χ3v) is 5.90. The van der Waals surface area contributed by atoms with Crippen LogP contribution in [0.2, 0.25) is 0 Å². The van der Waals surface area contributed by atoms with E-state index in [1.807, 2.05) is 30.3 Å². The van der Waals surface area contributed by atoms with E-state index in [2.05, 4.69) is 6.58 Å². The summed E-state index contributed by atoms with van der Waals surface area (Å²) in [6, 6.07) is 9.15. The van der Waals surface area contributed by atoms with Gasteiger partial charge in [-0.3, -0.25) is 0 Å². The van der Waals surface area contributed by atoms with Crippen LogP contribution in [0.15, 0.2) is 43.0 Å². The van der Waals surface area contributed by atoms with Crippen molar-refractivity contribution in [3.63, 3.8) is 0 Å². The summed E-state index contributed by atoms with van der Waals surface area (Å²) in [5.41, 5.74) is 0.756. The second-order valence-electron chi connectivity index (χ2n) is 8.13. The lowest BCUT2D eigenvalue weighted by Crippen LogP contribution is -2.65. The van der Waals surface area contributed by atoms with Gasteiger partial charge < -0.3 is 54.0 Å². The molecule has 1 aromatic carbocycles. The van der Waals surface area contributed by atoms with Crippen LogP contribution >= 0.6 is 0 Å². The van der Waals surface area contributed by atoms with Gasteiger partial charge in [-0.05, 0) is 0 Å². The van der Waals surface area contributed by atoms with Crippen molar-refractivity contribution < 1.29 is 54.0 Å². The highest BCUT2D eigenvalue weighted by Crippen LogP contribution is 2.35. The summed E-state index contributed by atoms with van der Waals surface area (Å²) in [6.45, 7) is 3.05. The molecule has 1 aromatic rings. The molecule has 11 nitrogen and oxygen atoms in total. The predicted octanol–water partition coefficient (Wildman–Crippen LogP) is -1.43. The van der Waals surface area contributed by atoms with Gasteiger partial charge in [-0.15, -0.1) is 6.58 Å². The predicted molar refractivity (Wildman–Crippen MR) is 109 cm³/mol. The van der Waals surface area contributed by atoms with Gasteiger partial charge in [0.25, 0.3) is 0 Å². The summed E-state index contributed by atoms with van der Waals surface area (Å²) in [5.74, 6) is 0. The first-order chi connectivity index (χ1) is 15.9. The first kappa shape index (κ1) is 24.6. The molecule has 5 N–H and O–H groups in total. The molecule has 0 aliphatic carbocycles. The van der Waals surface area contributed by atoms with Crippen molar-refractivity contribution in [2.24, 2.45) is 0 Å².